The Hall–Kier alpha value is -1.13. The van der Waals surface area contributed by atoms with Crippen molar-refractivity contribution in [3.8, 4) is 0 Å². The molecule has 0 aromatic heterocycles. The third kappa shape index (κ3) is 1.70. The summed E-state index contributed by atoms with van der Waals surface area (Å²) in [4.78, 5) is 11.8. The number of aliphatic hydroxyl groups excluding tert-OH is 2. The minimum absolute atomic E-state index is 0.0173. The number of carbonyl (C=O) groups is 1. The second-order valence-corrected chi connectivity index (χ2v) is 6.14. The van der Waals surface area contributed by atoms with Crippen LogP contribution in [0.3, 0.4) is 0 Å². The molecule has 0 spiro atoms. The van der Waals surface area contributed by atoms with E-state index in [1.807, 2.05) is 6.92 Å². The lowest BCUT2D eigenvalue weighted by atomic mass is 9.80. The summed E-state index contributed by atoms with van der Waals surface area (Å²) < 4.78 is 5.52. The second kappa shape index (κ2) is 4.18. The molecule has 1 heterocycles. The molecule has 0 aromatic rings. The van der Waals surface area contributed by atoms with E-state index >= 15 is 0 Å². The number of ether oxygens (including phenoxy) is 1. The van der Waals surface area contributed by atoms with Gasteiger partial charge in [-0.15, -0.1) is 0 Å². The Kier molecular flexibility index (Phi) is 2.84. The Bertz CT molecular complexity index is 455. The molecule has 19 heavy (non-hydrogen) atoms. The highest BCUT2D eigenvalue weighted by Gasteiger charge is 2.55. The van der Waals surface area contributed by atoms with Crippen molar-refractivity contribution in [2.24, 2.45) is 23.7 Å². The van der Waals surface area contributed by atoms with Crippen molar-refractivity contribution in [3.63, 3.8) is 0 Å². The van der Waals surface area contributed by atoms with Crippen LogP contribution in [0.4, 0.5) is 0 Å². The molecule has 104 valence electrons. The van der Waals surface area contributed by atoms with Gasteiger partial charge in [-0.25, -0.2) is 0 Å². The number of esters is 1. The van der Waals surface area contributed by atoms with Crippen LogP contribution < -0.4 is 0 Å². The summed E-state index contributed by atoms with van der Waals surface area (Å²) in [7, 11) is 0. The fourth-order valence-electron chi connectivity index (χ4n) is 3.96. The minimum atomic E-state index is -0.627. The zero-order chi connectivity index (χ0) is 13.9. The maximum atomic E-state index is 11.8. The van der Waals surface area contributed by atoms with E-state index in [9.17, 15) is 15.0 Å². The van der Waals surface area contributed by atoms with E-state index in [2.05, 4.69) is 13.2 Å². The number of hydrogen-bond acceptors (Lipinski definition) is 4. The van der Waals surface area contributed by atoms with Gasteiger partial charge in [0.05, 0.1) is 18.1 Å². The third-order valence-electron chi connectivity index (χ3n) is 5.21. The molecule has 3 unspecified atom stereocenters. The van der Waals surface area contributed by atoms with Gasteiger partial charge in [-0.3, -0.25) is 4.79 Å². The molecule has 7 atom stereocenters. The normalized spacial score (nSPS) is 49.6. The summed E-state index contributed by atoms with van der Waals surface area (Å²) in [6.07, 6.45) is -0.461. The number of aliphatic hydroxyl groups is 2. The predicted octanol–water partition coefficient (Wildman–Crippen LogP) is 1.04. The van der Waals surface area contributed by atoms with Gasteiger partial charge in [-0.2, -0.15) is 0 Å². The highest BCUT2D eigenvalue weighted by atomic mass is 16.6. The topological polar surface area (TPSA) is 66.8 Å². The van der Waals surface area contributed by atoms with Crippen LogP contribution in [0.25, 0.3) is 0 Å². The van der Waals surface area contributed by atoms with E-state index < -0.39 is 12.2 Å². The van der Waals surface area contributed by atoms with Crippen molar-refractivity contribution in [1.29, 1.82) is 0 Å². The lowest BCUT2D eigenvalue weighted by Gasteiger charge is -2.26. The largest absolute Gasteiger partial charge is 0.461 e. The van der Waals surface area contributed by atoms with Gasteiger partial charge >= 0.3 is 5.97 Å². The van der Waals surface area contributed by atoms with E-state index in [1.54, 1.807) is 0 Å². The van der Waals surface area contributed by atoms with E-state index in [-0.39, 0.29) is 35.7 Å². The SMILES string of the molecule is C=C1C(O)C[C@H]2C(=C)C(O)CC3[C@H](C)C(=O)O[C@@H]3[C@@H]12. The molecular weight excluding hydrogens is 244 g/mol. The van der Waals surface area contributed by atoms with Crippen LogP contribution in [-0.4, -0.2) is 34.5 Å². The molecule has 1 aliphatic heterocycles. The lowest BCUT2D eigenvalue weighted by molar-refractivity contribution is -0.145. The quantitative estimate of drug-likeness (QED) is 0.507. The van der Waals surface area contributed by atoms with Crippen molar-refractivity contribution in [2.75, 3.05) is 0 Å². The van der Waals surface area contributed by atoms with Gasteiger partial charge < -0.3 is 14.9 Å². The summed E-state index contributed by atoms with van der Waals surface area (Å²) in [6, 6.07) is 0. The van der Waals surface area contributed by atoms with E-state index in [1.165, 1.54) is 0 Å². The van der Waals surface area contributed by atoms with Gasteiger partial charge in [0.1, 0.15) is 6.10 Å². The maximum Gasteiger partial charge on any atom is 0.309 e. The predicted molar refractivity (Wildman–Crippen MR) is 69.0 cm³/mol. The van der Waals surface area contributed by atoms with Crippen LogP contribution in [0, 0.1) is 23.7 Å². The number of fused-ring (bicyclic) bond motifs is 3. The van der Waals surface area contributed by atoms with E-state index in [0.717, 1.165) is 11.1 Å². The standard InChI is InChI=1S/C15H20O4/c1-6-9-4-12(17)8(3)13(9)14-10(5-11(6)16)7(2)15(18)19-14/h7,9-14,16-17H,1,3-5H2,2H3/t7-,9-,10?,11?,12?,13-,14-/m0/s1. The van der Waals surface area contributed by atoms with Crippen LogP contribution >= 0.6 is 0 Å². The first kappa shape index (κ1) is 12.9. The molecule has 0 amide bonds. The Morgan fingerprint density at radius 2 is 1.79 bits per heavy atom. The fourth-order valence-corrected chi connectivity index (χ4v) is 3.96. The molecule has 2 saturated carbocycles. The zero-order valence-electron chi connectivity index (χ0n) is 11.1. The van der Waals surface area contributed by atoms with E-state index in [4.69, 9.17) is 4.74 Å². The molecule has 0 bridgehead atoms. The van der Waals surface area contributed by atoms with Gasteiger partial charge in [0, 0.05) is 11.8 Å². The van der Waals surface area contributed by atoms with Gasteiger partial charge in [-0.1, -0.05) is 20.1 Å². The lowest BCUT2D eigenvalue weighted by Crippen LogP contribution is -2.30. The van der Waals surface area contributed by atoms with Crippen LogP contribution in [0.2, 0.25) is 0 Å². The Morgan fingerprint density at radius 3 is 2.47 bits per heavy atom. The summed E-state index contributed by atoms with van der Waals surface area (Å²) in [6.45, 7) is 9.81. The maximum absolute atomic E-state index is 11.8. The molecule has 1 saturated heterocycles. The summed E-state index contributed by atoms with van der Waals surface area (Å²) in [5.41, 5.74) is 1.47. The highest BCUT2D eigenvalue weighted by Crippen LogP contribution is 2.52. The van der Waals surface area contributed by atoms with Crippen molar-refractivity contribution in [1.82, 2.24) is 0 Å². The Morgan fingerprint density at radius 1 is 1.16 bits per heavy atom. The van der Waals surface area contributed by atoms with Crippen LogP contribution in [0.15, 0.2) is 24.3 Å². The van der Waals surface area contributed by atoms with Gasteiger partial charge in [-0.05, 0) is 29.9 Å². The monoisotopic (exact) mass is 264 g/mol. The molecule has 2 N–H and O–H groups in total. The summed E-state index contributed by atoms with van der Waals surface area (Å²) >= 11 is 0. The zero-order valence-corrected chi connectivity index (χ0v) is 11.1. The summed E-state index contributed by atoms with van der Waals surface area (Å²) in [5.74, 6) is -0.570. The summed E-state index contributed by atoms with van der Waals surface area (Å²) in [5, 5.41) is 20.3. The Labute approximate surface area is 112 Å². The molecule has 3 fully saturated rings. The molecule has 4 nitrogen and oxygen atoms in total. The van der Waals surface area contributed by atoms with Crippen LogP contribution in [0.5, 0.6) is 0 Å². The van der Waals surface area contributed by atoms with Crippen molar-refractivity contribution in [2.45, 2.75) is 38.1 Å². The second-order valence-electron chi connectivity index (χ2n) is 6.14. The average molecular weight is 264 g/mol. The first-order chi connectivity index (χ1) is 8.91. The molecule has 4 heteroatoms. The smallest absolute Gasteiger partial charge is 0.309 e. The number of rotatable bonds is 0. The number of hydrogen-bond donors (Lipinski definition) is 2. The third-order valence-corrected chi connectivity index (χ3v) is 5.21. The molecule has 2 aliphatic carbocycles. The molecular formula is C15H20O4. The average Bonchev–Trinajstić information content (AvgIpc) is 2.77. The van der Waals surface area contributed by atoms with Crippen molar-refractivity contribution >= 4 is 5.97 Å². The number of carbonyl (C=O) groups excluding carboxylic acids is 1. The first-order valence-corrected chi connectivity index (χ1v) is 6.85. The van der Waals surface area contributed by atoms with Gasteiger partial charge in [0.15, 0.2) is 0 Å². The van der Waals surface area contributed by atoms with E-state index in [0.29, 0.717) is 12.8 Å². The van der Waals surface area contributed by atoms with Gasteiger partial charge in [0.2, 0.25) is 0 Å². The Balaban J connectivity index is 2.02. The van der Waals surface area contributed by atoms with Crippen molar-refractivity contribution in [3.05, 3.63) is 24.3 Å². The molecule has 3 aliphatic rings. The first-order valence-electron chi connectivity index (χ1n) is 6.85. The van der Waals surface area contributed by atoms with Gasteiger partial charge in [0.25, 0.3) is 0 Å². The fraction of sp³-hybridized carbons (Fsp3) is 0.667. The van der Waals surface area contributed by atoms with Crippen molar-refractivity contribution < 1.29 is 19.7 Å². The minimum Gasteiger partial charge on any atom is -0.461 e. The highest BCUT2D eigenvalue weighted by molar-refractivity contribution is 5.75. The molecule has 0 radical (unpaired) electrons. The molecule has 0 aromatic carbocycles. The van der Waals surface area contributed by atoms with Crippen LogP contribution in [-0.2, 0) is 9.53 Å². The van der Waals surface area contributed by atoms with Crippen LogP contribution in [0.1, 0.15) is 19.8 Å². The molecule has 3 rings (SSSR count).